The average Bonchev–Trinajstić information content (AvgIpc) is 2.39. The van der Waals surface area contributed by atoms with Gasteiger partial charge < -0.3 is 10.1 Å². The highest BCUT2D eigenvalue weighted by molar-refractivity contribution is 5.89. The molecule has 0 aliphatic rings. The van der Waals surface area contributed by atoms with Crippen molar-refractivity contribution in [2.75, 3.05) is 6.54 Å². The van der Waals surface area contributed by atoms with Crippen molar-refractivity contribution in [3.63, 3.8) is 0 Å². The predicted octanol–water partition coefficient (Wildman–Crippen LogP) is 3.26. The highest BCUT2D eigenvalue weighted by atomic mass is 16.5. The summed E-state index contributed by atoms with van der Waals surface area (Å²) in [5.74, 6) is 0.424. The lowest BCUT2D eigenvalue weighted by atomic mass is 10.1. The summed E-state index contributed by atoms with van der Waals surface area (Å²) < 4.78 is 5.45. The Hall–Kier alpha value is -1.35. The van der Waals surface area contributed by atoms with E-state index in [1.165, 1.54) is 0 Å². The summed E-state index contributed by atoms with van der Waals surface area (Å²) in [4.78, 5) is 11.9. The lowest BCUT2D eigenvalue weighted by Crippen LogP contribution is -2.39. The molecule has 2 atom stereocenters. The number of hydrogen-bond donors (Lipinski definition) is 1. The fraction of sp³-hybridized carbons (Fsp3) is 0.562. The first-order valence-corrected chi connectivity index (χ1v) is 7.00. The van der Waals surface area contributed by atoms with Gasteiger partial charge in [0, 0.05) is 6.04 Å². The second-order valence-corrected chi connectivity index (χ2v) is 5.40. The molecule has 0 unspecified atom stereocenters. The van der Waals surface area contributed by atoms with E-state index >= 15 is 0 Å². The molecular weight excluding hydrogens is 238 g/mol. The van der Waals surface area contributed by atoms with Crippen LogP contribution in [0.1, 0.15) is 44.5 Å². The lowest BCUT2D eigenvalue weighted by Gasteiger charge is -2.22. The fourth-order valence-electron chi connectivity index (χ4n) is 1.68. The van der Waals surface area contributed by atoms with Crippen molar-refractivity contribution in [3.8, 4) is 0 Å². The molecule has 3 heteroatoms. The van der Waals surface area contributed by atoms with E-state index < -0.39 is 0 Å². The number of hydrogen-bond acceptors (Lipinski definition) is 3. The van der Waals surface area contributed by atoms with E-state index in [1.807, 2.05) is 32.0 Å². The third-order valence-electron chi connectivity index (χ3n) is 3.19. The first kappa shape index (κ1) is 15.7. The molecule has 106 valence electrons. The Labute approximate surface area is 116 Å². The van der Waals surface area contributed by atoms with Crippen molar-refractivity contribution in [3.05, 3.63) is 35.9 Å². The average molecular weight is 263 g/mol. The maximum Gasteiger partial charge on any atom is 0.338 e. The number of nitrogens with one attached hydrogen (secondary N) is 1. The molecular formula is C16H25NO2. The minimum atomic E-state index is -0.259. The molecule has 1 aromatic carbocycles. The largest absolute Gasteiger partial charge is 0.457 e. The second kappa shape index (κ2) is 7.95. The first-order valence-electron chi connectivity index (χ1n) is 7.00. The maximum absolute atomic E-state index is 11.9. The standard InChI is InChI=1S/C16H25NO2/c1-12(2)10-11-17-13(3)14(4)19-16(18)15-8-6-5-7-9-15/h5-9,12-14,17H,10-11H2,1-4H3/t13-,14-/m1/s1. The summed E-state index contributed by atoms with van der Waals surface area (Å²) in [5, 5.41) is 3.39. The molecule has 0 spiro atoms. The summed E-state index contributed by atoms with van der Waals surface area (Å²) in [6, 6.07) is 9.26. The molecule has 1 aromatic rings. The molecule has 0 saturated heterocycles. The normalized spacial score (nSPS) is 14.2. The Kier molecular flexibility index (Phi) is 6.57. The van der Waals surface area contributed by atoms with Gasteiger partial charge >= 0.3 is 5.97 Å². The number of esters is 1. The molecule has 0 radical (unpaired) electrons. The summed E-state index contributed by atoms with van der Waals surface area (Å²) >= 11 is 0. The van der Waals surface area contributed by atoms with Gasteiger partial charge in [0.1, 0.15) is 6.10 Å². The maximum atomic E-state index is 11.9. The van der Waals surface area contributed by atoms with Gasteiger partial charge in [0.25, 0.3) is 0 Å². The summed E-state index contributed by atoms with van der Waals surface area (Å²) in [7, 11) is 0. The van der Waals surface area contributed by atoms with E-state index in [0.29, 0.717) is 11.5 Å². The highest BCUT2D eigenvalue weighted by Crippen LogP contribution is 2.07. The minimum Gasteiger partial charge on any atom is -0.457 e. The van der Waals surface area contributed by atoms with Crippen molar-refractivity contribution in [2.45, 2.75) is 46.3 Å². The van der Waals surface area contributed by atoms with Gasteiger partial charge in [-0.05, 0) is 44.9 Å². The SMILES string of the molecule is CC(C)CCN[C@H](C)[C@@H](C)OC(=O)c1ccccc1. The summed E-state index contributed by atoms with van der Waals surface area (Å²) in [6.45, 7) is 9.32. The second-order valence-electron chi connectivity index (χ2n) is 5.40. The van der Waals surface area contributed by atoms with E-state index in [2.05, 4.69) is 19.2 Å². The van der Waals surface area contributed by atoms with Gasteiger partial charge in [-0.1, -0.05) is 32.0 Å². The molecule has 0 fully saturated rings. The Morgan fingerprint density at radius 1 is 1.16 bits per heavy atom. The molecule has 0 aromatic heterocycles. The van der Waals surface area contributed by atoms with Crippen LogP contribution in [-0.2, 0) is 4.74 Å². The van der Waals surface area contributed by atoms with Crippen molar-refractivity contribution in [1.82, 2.24) is 5.32 Å². The monoisotopic (exact) mass is 263 g/mol. The zero-order valence-electron chi connectivity index (χ0n) is 12.3. The van der Waals surface area contributed by atoms with Crippen LogP contribution >= 0.6 is 0 Å². The van der Waals surface area contributed by atoms with Crippen LogP contribution in [0.5, 0.6) is 0 Å². The topological polar surface area (TPSA) is 38.3 Å². The molecule has 0 bridgehead atoms. The first-order chi connectivity index (χ1) is 9.00. The van der Waals surface area contributed by atoms with Gasteiger partial charge in [0.2, 0.25) is 0 Å². The van der Waals surface area contributed by atoms with Crippen LogP contribution in [0.4, 0.5) is 0 Å². The Bertz CT molecular complexity index is 376. The van der Waals surface area contributed by atoms with E-state index in [1.54, 1.807) is 12.1 Å². The van der Waals surface area contributed by atoms with Crippen LogP contribution in [0.15, 0.2) is 30.3 Å². The van der Waals surface area contributed by atoms with Crippen molar-refractivity contribution < 1.29 is 9.53 Å². The number of benzene rings is 1. The Balaban J connectivity index is 2.37. The van der Waals surface area contributed by atoms with E-state index in [-0.39, 0.29) is 18.1 Å². The number of rotatable bonds is 7. The number of carbonyl (C=O) groups is 1. The highest BCUT2D eigenvalue weighted by Gasteiger charge is 2.17. The van der Waals surface area contributed by atoms with E-state index in [4.69, 9.17) is 4.74 Å². The third kappa shape index (κ3) is 5.88. The van der Waals surface area contributed by atoms with E-state index in [9.17, 15) is 4.79 Å². The van der Waals surface area contributed by atoms with Gasteiger partial charge in [0.05, 0.1) is 5.56 Å². The van der Waals surface area contributed by atoms with Gasteiger partial charge in [-0.3, -0.25) is 0 Å². The third-order valence-corrected chi connectivity index (χ3v) is 3.19. The minimum absolute atomic E-state index is 0.139. The van der Waals surface area contributed by atoms with Crippen LogP contribution in [0.25, 0.3) is 0 Å². The lowest BCUT2D eigenvalue weighted by molar-refractivity contribution is 0.0267. The molecule has 0 aliphatic carbocycles. The molecule has 1 rings (SSSR count). The molecule has 0 saturated carbocycles. The predicted molar refractivity (Wildman–Crippen MR) is 78.2 cm³/mol. The van der Waals surface area contributed by atoms with Crippen LogP contribution in [0, 0.1) is 5.92 Å². The van der Waals surface area contributed by atoms with Gasteiger partial charge in [-0.2, -0.15) is 0 Å². The van der Waals surface area contributed by atoms with Crippen molar-refractivity contribution in [2.24, 2.45) is 5.92 Å². The fourth-order valence-corrected chi connectivity index (χ4v) is 1.68. The van der Waals surface area contributed by atoms with Gasteiger partial charge in [-0.25, -0.2) is 4.79 Å². The van der Waals surface area contributed by atoms with Crippen LogP contribution in [0.2, 0.25) is 0 Å². The van der Waals surface area contributed by atoms with Crippen LogP contribution in [0.3, 0.4) is 0 Å². The summed E-state index contributed by atoms with van der Waals surface area (Å²) in [5.41, 5.74) is 0.601. The molecule has 1 N–H and O–H groups in total. The molecule has 19 heavy (non-hydrogen) atoms. The Morgan fingerprint density at radius 2 is 1.79 bits per heavy atom. The van der Waals surface area contributed by atoms with Crippen molar-refractivity contribution >= 4 is 5.97 Å². The zero-order valence-corrected chi connectivity index (χ0v) is 12.3. The van der Waals surface area contributed by atoms with Crippen LogP contribution < -0.4 is 5.32 Å². The van der Waals surface area contributed by atoms with Crippen molar-refractivity contribution in [1.29, 1.82) is 0 Å². The molecule has 0 heterocycles. The molecule has 0 amide bonds. The van der Waals surface area contributed by atoms with Gasteiger partial charge in [0.15, 0.2) is 0 Å². The molecule has 3 nitrogen and oxygen atoms in total. The number of ether oxygens (including phenoxy) is 1. The molecule has 0 aliphatic heterocycles. The summed E-state index contributed by atoms with van der Waals surface area (Å²) in [6.07, 6.45) is 0.990. The quantitative estimate of drug-likeness (QED) is 0.767. The smallest absolute Gasteiger partial charge is 0.338 e. The van der Waals surface area contributed by atoms with Gasteiger partial charge in [-0.15, -0.1) is 0 Å². The van der Waals surface area contributed by atoms with Crippen LogP contribution in [-0.4, -0.2) is 24.7 Å². The zero-order chi connectivity index (χ0) is 14.3. The Morgan fingerprint density at radius 3 is 2.37 bits per heavy atom. The number of carbonyl (C=O) groups excluding carboxylic acids is 1. The van der Waals surface area contributed by atoms with E-state index in [0.717, 1.165) is 13.0 Å².